The van der Waals surface area contributed by atoms with Crippen LogP contribution in [-0.4, -0.2) is 22.8 Å². The van der Waals surface area contributed by atoms with Gasteiger partial charge in [0.2, 0.25) is 17.7 Å². The molecule has 26 heavy (non-hydrogen) atoms. The minimum atomic E-state index is -0.845. The van der Waals surface area contributed by atoms with Crippen LogP contribution in [0.3, 0.4) is 0 Å². The Morgan fingerprint density at radius 2 is 2.19 bits per heavy atom. The molecule has 6 nitrogen and oxygen atoms in total. The van der Waals surface area contributed by atoms with Crippen LogP contribution in [0.5, 0.6) is 11.6 Å². The second-order valence-electron chi connectivity index (χ2n) is 5.93. The molecule has 0 spiro atoms. The topological polar surface area (TPSA) is 80.3 Å². The number of pyridine rings is 1. The van der Waals surface area contributed by atoms with Gasteiger partial charge in [-0.2, -0.15) is 0 Å². The minimum Gasteiger partial charge on any atom is -0.436 e. The monoisotopic (exact) mass is 361 g/mol. The summed E-state index contributed by atoms with van der Waals surface area (Å²) >= 11 is 0. The zero-order valence-electron chi connectivity index (χ0n) is 13.8. The van der Waals surface area contributed by atoms with E-state index in [1.54, 1.807) is 12.1 Å². The van der Waals surface area contributed by atoms with E-state index in [4.69, 9.17) is 4.74 Å². The van der Waals surface area contributed by atoms with Gasteiger partial charge in [0.25, 0.3) is 0 Å². The normalized spacial score (nSPS) is 16.2. The molecule has 0 radical (unpaired) electrons. The van der Waals surface area contributed by atoms with E-state index in [1.807, 2.05) is 0 Å². The van der Waals surface area contributed by atoms with Crippen LogP contribution in [0.25, 0.3) is 0 Å². The quantitative estimate of drug-likeness (QED) is 0.828. The summed E-state index contributed by atoms with van der Waals surface area (Å²) in [6.45, 7) is 0.130. The molecule has 1 unspecified atom stereocenters. The van der Waals surface area contributed by atoms with E-state index < -0.39 is 11.6 Å². The predicted octanol–water partition coefficient (Wildman–Crippen LogP) is 2.44. The number of hydrogen-bond donors (Lipinski definition) is 2. The van der Waals surface area contributed by atoms with Crippen molar-refractivity contribution in [3.05, 3.63) is 53.7 Å². The fourth-order valence-electron chi connectivity index (χ4n) is 2.63. The maximum absolute atomic E-state index is 13.7. The summed E-state index contributed by atoms with van der Waals surface area (Å²) < 4.78 is 32.1. The molecule has 2 heterocycles. The van der Waals surface area contributed by atoms with Gasteiger partial charge in [0.1, 0.15) is 5.82 Å². The Balaban J connectivity index is 1.61. The molecule has 1 aliphatic rings. The molecule has 2 amide bonds. The summed E-state index contributed by atoms with van der Waals surface area (Å²) in [7, 11) is 0. The van der Waals surface area contributed by atoms with Gasteiger partial charge in [0.05, 0.1) is 0 Å². The van der Waals surface area contributed by atoms with Crippen LogP contribution in [0.4, 0.5) is 8.78 Å². The number of ether oxygens (including phenoxy) is 1. The van der Waals surface area contributed by atoms with Gasteiger partial charge in [0, 0.05) is 43.3 Å². The van der Waals surface area contributed by atoms with E-state index in [0.29, 0.717) is 18.4 Å². The van der Waals surface area contributed by atoms with Crippen molar-refractivity contribution >= 4 is 11.8 Å². The third kappa shape index (κ3) is 4.53. The Hall–Kier alpha value is -3.03. The summed E-state index contributed by atoms with van der Waals surface area (Å²) in [6, 6.07) is 6.16. The first-order chi connectivity index (χ1) is 12.5. The summed E-state index contributed by atoms with van der Waals surface area (Å²) in [4.78, 5) is 27.2. The van der Waals surface area contributed by atoms with Crippen molar-refractivity contribution < 1.29 is 23.1 Å². The fourth-order valence-corrected chi connectivity index (χ4v) is 2.63. The number of nitrogens with zero attached hydrogens (tertiary/aromatic N) is 1. The molecular formula is C18H17F2N3O3. The highest BCUT2D eigenvalue weighted by Crippen LogP contribution is 2.26. The first-order valence-corrected chi connectivity index (χ1v) is 8.14. The van der Waals surface area contributed by atoms with E-state index in [9.17, 15) is 18.4 Å². The summed E-state index contributed by atoms with van der Waals surface area (Å²) in [6.07, 6.45) is 2.73. The predicted molar refractivity (Wildman–Crippen MR) is 88.3 cm³/mol. The maximum atomic E-state index is 13.7. The number of hydrogen-bond acceptors (Lipinski definition) is 4. The van der Waals surface area contributed by atoms with Gasteiger partial charge in [-0.05, 0) is 24.6 Å². The molecule has 0 aliphatic carbocycles. The lowest BCUT2D eigenvalue weighted by Crippen LogP contribution is -2.33. The molecule has 136 valence electrons. The number of amides is 2. The Morgan fingerprint density at radius 1 is 1.35 bits per heavy atom. The van der Waals surface area contributed by atoms with Gasteiger partial charge < -0.3 is 15.4 Å². The number of benzene rings is 1. The number of aromatic nitrogens is 1. The highest BCUT2D eigenvalue weighted by atomic mass is 19.1. The summed E-state index contributed by atoms with van der Waals surface area (Å²) in [5.74, 6) is -1.86. The van der Waals surface area contributed by atoms with Crippen molar-refractivity contribution in [2.45, 2.75) is 31.8 Å². The average molecular weight is 361 g/mol. The van der Waals surface area contributed by atoms with E-state index in [2.05, 4.69) is 15.6 Å². The van der Waals surface area contributed by atoms with Crippen LogP contribution in [0.2, 0.25) is 0 Å². The largest absolute Gasteiger partial charge is 0.436 e. The number of rotatable bonds is 6. The van der Waals surface area contributed by atoms with Crippen LogP contribution in [-0.2, 0) is 16.1 Å². The molecule has 1 aliphatic heterocycles. The van der Waals surface area contributed by atoms with Gasteiger partial charge in [-0.25, -0.2) is 13.8 Å². The molecule has 1 fully saturated rings. The Labute approximate surface area is 148 Å². The van der Waals surface area contributed by atoms with Crippen molar-refractivity contribution in [1.29, 1.82) is 0 Å². The molecule has 1 aromatic heterocycles. The Kier molecular flexibility index (Phi) is 5.40. The van der Waals surface area contributed by atoms with E-state index in [1.165, 1.54) is 12.3 Å². The molecule has 0 bridgehead atoms. The van der Waals surface area contributed by atoms with Gasteiger partial charge in [0.15, 0.2) is 11.6 Å². The number of halogens is 2. The minimum absolute atomic E-state index is 0.0490. The van der Waals surface area contributed by atoms with Crippen LogP contribution in [0.15, 0.2) is 36.5 Å². The number of nitrogens with one attached hydrogen (secondary N) is 2. The molecule has 0 saturated carbocycles. The second kappa shape index (κ2) is 7.90. The van der Waals surface area contributed by atoms with Crippen molar-refractivity contribution in [2.75, 3.05) is 0 Å². The van der Waals surface area contributed by atoms with E-state index in [0.717, 1.165) is 12.1 Å². The third-order valence-electron chi connectivity index (χ3n) is 3.94. The van der Waals surface area contributed by atoms with Gasteiger partial charge in [-0.1, -0.05) is 6.07 Å². The van der Waals surface area contributed by atoms with Gasteiger partial charge in [-0.15, -0.1) is 0 Å². The summed E-state index contributed by atoms with van der Waals surface area (Å²) in [5.41, 5.74) is 0.542. The molecule has 1 saturated heterocycles. The summed E-state index contributed by atoms with van der Waals surface area (Å²) in [5, 5.41) is 5.46. The second-order valence-corrected chi connectivity index (χ2v) is 5.93. The van der Waals surface area contributed by atoms with E-state index in [-0.39, 0.29) is 42.5 Å². The van der Waals surface area contributed by atoms with E-state index >= 15 is 0 Å². The highest BCUT2D eigenvalue weighted by molar-refractivity contribution is 5.81. The average Bonchev–Trinajstić information content (AvgIpc) is 3.01. The van der Waals surface area contributed by atoms with Crippen molar-refractivity contribution in [3.63, 3.8) is 0 Å². The molecule has 3 rings (SSSR count). The van der Waals surface area contributed by atoms with Crippen LogP contribution >= 0.6 is 0 Å². The molecule has 2 aromatic rings. The number of carbonyl (C=O) groups excluding carboxylic acids is 2. The fraction of sp³-hybridized carbons (Fsp3) is 0.278. The highest BCUT2D eigenvalue weighted by Gasteiger charge is 2.23. The maximum Gasteiger partial charge on any atom is 0.224 e. The van der Waals surface area contributed by atoms with Crippen LogP contribution in [0, 0.1) is 11.6 Å². The molecule has 8 heteroatoms. The van der Waals surface area contributed by atoms with Crippen molar-refractivity contribution in [2.24, 2.45) is 0 Å². The lowest BCUT2D eigenvalue weighted by Gasteiger charge is -2.13. The van der Waals surface area contributed by atoms with Crippen molar-refractivity contribution in [1.82, 2.24) is 15.6 Å². The number of carbonyl (C=O) groups is 2. The lowest BCUT2D eigenvalue weighted by molar-refractivity contribution is -0.121. The first kappa shape index (κ1) is 17.8. The SMILES string of the molecule is O=C(CC1CCC(=O)N1)NCc1cccnc1Oc1ccc(F)cc1F. The van der Waals surface area contributed by atoms with Gasteiger partial charge >= 0.3 is 0 Å². The van der Waals surface area contributed by atoms with Crippen LogP contribution in [0.1, 0.15) is 24.8 Å². The van der Waals surface area contributed by atoms with Crippen LogP contribution < -0.4 is 15.4 Å². The van der Waals surface area contributed by atoms with Gasteiger partial charge in [-0.3, -0.25) is 9.59 Å². The molecule has 1 atom stereocenters. The lowest BCUT2D eigenvalue weighted by atomic mass is 10.1. The first-order valence-electron chi connectivity index (χ1n) is 8.14. The smallest absolute Gasteiger partial charge is 0.224 e. The van der Waals surface area contributed by atoms with Crippen molar-refractivity contribution in [3.8, 4) is 11.6 Å². The zero-order chi connectivity index (χ0) is 18.5. The molecule has 2 N–H and O–H groups in total. The molecular weight excluding hydrogens is 344 g/mol. The standard InChI is InChI=1S/C18H17F2N3O3/c19-12-3-5-15(14(20)8-12)26-18-11(2-1-7-21-18)10-22-17(25)9-13-4-6-16(24)23-13/h1-3,5,7-8,13H,4,6,9-10H2,(H,22,25)(H,23,24). The third-order valence-corrected chi connectivity index (χ3v) is 3.94. The Bertz CT molecular complexity index is 829. The Morgan fingerprint density at radius 3 is 2.92 bits per heavy atom. The molecule has 1 aromatic carbocycles. The zero-order valence-corrected chi connectivity index (χ0v) is 13.8.